The third-order valence-electron chi connectivity index (χ3n) is 6.65. The van der Waals surface area contributed by atoms with E-state index in [0.717, 1.165) is 35.3 Å². The third kappa shape index (κ3) is 3.65. The van der Waals surface area contributed by atoms with Gasteiger partial charge in [-0.15, -0.1) is 0 Å². The Hall–Kier alpha value is -3.25. The summed E-state index contributed by atoms with van der Waals surface area (Å²) in [6.07, 6.45) is 8.59. The van der Waals surface area contributed by atoms with Crippen molar-refractivity contribution in [3.63, 3.8) is 0 Å². The molecular weight excluding hydrogens is 404 g/mol. The fourth-order valence-electron chi connectivity index (χ4n) is 4.90. The van der Waals surface area contributed by atoms with Gasteiger partial charge in [0.2, 0.25) is 5.78 Å². The average molecular weight is 433 g/mol. The molecule has 3 aromatic rings. The molecule has 166 valence electrons. The van der Waals surface area contributed by atoms with Crippen LogP contribution in [0.25, 0.3) is 17.0 Å². The first-order valence-electron chi connectivity index (χ1n) is 11.3. The lowest BCUT2D eigenvalue weighted by atomic mass is 10.0. The molecule has 2 aromatic carbocycles. The van der Waals surface area contributed by atoms with E-state index in [0.29, 0.717) is 23.4 Å². The molecule has 32 heavy (non-hydrogen) atoms. The maximum absolute atomic E-state index is 13.1. The van der Waals surface area contributed by atoms with Gasteiger partial charge in [-0.1, -0.05) is 11.8 Å². The first kappa shape index (κ1) is 20.6. The maximum Gasteiger partial charge on any atom is 0.231 e. The van der Waals surface area contributed by atoms with Gasteiger partial charge in [0.1, 0.15) is 18.0 Å². The zero-order valence-electron chi connectivity index (χ0n) is 18.6. The summed E-state index contributed by atoms with van der Waals surface area (Å²) in [5, 5.41) is 13.7. The first-order chi connectivity index (χ1) is 15.5. The van der Waals surface area contributed by atoms with Gasteiger partial charge < -0.3 is 24.0 Å². The minimum Gasteiger partial charge on any atom is -0.872 e. The average Bonchev–Trinajstić information content (AvgIpc) is 3.13. The van der Waals surface area contributed by atoms with Crippen molar-refractivity contribution in [1.29, 1.82) is 0 Å². The molecule has 0 bridgehead atoms. The number of ketones is 1. The Balaban J connectivity index is 1.50. The van der Waals surface area contributed by atoms with Gasteiger partial charge in [0.15, 0.2) is 5.76 Å². The van der Waals surface area contributed by atoms with Gasteiger partial charge in [-0.25, -0.2) is 0 Å². The van der Waals surface area contributed by atoms with Crippen LogP contribution in [0.3, 0.4) is 0 Å². The highest BCUT2D eigenvalue weighted by molar-refractivity contribution is 6.15. The monoisotopic (exact) mass is 432 g/mol. The van der Waals surface area contributed by atoms with Crippen molar-refractivity contribution >= 4 is 22.8 Å². The predicted molar refractivity (Wildman–Crippen MR) is 121 cm³/mol. The summed E-state index contributed by atoms with van der Waals surface area (Å²) in [4.78, 5) is 14.5. The summed E-state index contributed by atoms with van der Waals surface area (Å²) in [5.41, 5.74) is 3.01. The first-order valence-corrected chi connectivity index (χ1v) is 11.3. The predicted octanol–water partition coefficient (Wildman–Crippen LogP) is 2.84. The normalized spacial score (nSPS) is 18.1. The summed E-state index contributed by atoms with van der Waals surface area (Å²) in [6, 6.07) is 8.98. The quantitative estimate of drug-likeness (QED) is 0.644. The van der Waals surface area contributed by atoms with Crippen molar-refractivity contribution in [2.24, 2.45) is 7.05 Å². The number of quaternary nitrogens is 1. The van der Waals surface area contributed by atoms with Gasteiger partial charge in [0, 0.05) is 35.3 Å². The van der Waals surface area contributed by atoms with Gasteiger partial charge >= 0.3 is 0 Å². The molecule has 0 radical (unpaired) electrons. The molecule has 3 heterocycles. The molecule has 1 fully saturated rings. The number of hydrogen-bond donors (Lipinski definition) is 1. The maximum atomic E-state index is 13.1. The molecule has 2 aliphatic heterocycles. The minimum absolute atomic E-state index is 0.0514. The van der Waals surface area contributed by atoms with Crippen molar-refractivity contribution < 1.29 is 24.3 Å². The summed E-state index contributed by atoms with van der Waals surface area (Å²) >= 11 is 0. The Morgan fingerprint density at radius 3 is 2.69 bits per heavy atom. The number of fused-ring (bicyclic) bond motifs is 2. The number of allylic oxidation sites excluding steroid dienone is 1. The van der Waals surface area contributed by atoms with Gasteiger partial charge in [-0.05, 0) is 56.0 Å². The van der Waals surface area contributed by atoms with Crippen molar-refractivity contribution in [1.82, 2.24) is 4.57 Å². The molecule has 0 amide bonds. The Morgan fingerprint density at radius 1 is 1.16 bits per heavy atom. The number of benzene rings is 2. The van der Waals surface area contributed by atoms with Crippen LogP contribution in [0.1, 0.15) is 47.2 Å². The number of hydrogen-bond acceptors (Lipinski definition) is 4. The number of Topliss-reactive ketones (excluding diaryl/α,β-unsaturated/α-hetero) is 1. The van der Waals surface area contributed by atoms with E-state index >= 15 is 0 Å². The van der Waals surface area contributed by atoms with Crippen LogP contribution in [-0.4, -0.2) is 30.5 Å². The van der Waals surface area contributed by atoms with Crippen molar-refractivity contribution in [3.05, 3.63) is 59.0 Å². The van der Waals surface area contributed by atoms with E-state index in [9.17, 15) is 9.90 Å². The lowest BCUT2D eigenvalue weighted by Gasteiger charge is -2.22. The number of aromatic nitrogens is 1. The van der Waals surface area contributed by atoms with E-state index < -0.39 is 0 Å². The lowest BCUT2D eigenvalue weighted by Crippen LogP contribution is -3.10. The molecule has 0 spiro atoms. The second-order valence-electron chi connectivity index (χ2n) is 8.78. The molecule has 5 rings (SSSR count). The Labute approximate surface area is 187 Å². The zero-order chi connectivity index (χ0) is 22.2. The molecule has 6 heteroatoms. The van der Waals surface area contributed by atoms with E-state index in [2.05, 4.69) is 0 Å². The Kier molecular flexibility index (Phi) is 5.39. The molecule has 1 N–H and O–H groups in total. The van der Waals surface area contributed by atoms with Crippen LogP contribution in [-0.2, 0) is 13.6 Å². The van der Waals surface area contributed by atoms with Crippen LogP contribution in [0.2, 0.25) is 0 Å². The van der Waals surface area contributed by atoms with Gasteiger partial charge in [0.05, 0.1) is 25.8 Å². The SMILES string of the molecule is COc1ccc2c(c1)c(C=C1Oc3c(ccc([O-])c3C[NH+]3CCCCCC3)C1=O)cn2C. The second kappa shape index (κ2) is 8.36. The van der Waals surface area contributed by atoms with E-state index in [4.69, 9.17) is 9.47 Å². The molecule has 1 aromatic heterocycles. The zero-order valence-corrected chi connectivity index (χ0v) is 18.6. The fourth-order valence-corrected chi connectivity index (χ4v) is 4.90. The number of carbonyl (C=O) groups is 1. The Bertz CT molecular complexity index is 1220. The smallest absolute Gasteiger partial charge is 0.231 e. The molecule has 0 aliphatic carbocycles. The number of likely N-dealkylation sites (tertiary alicyclic amines) is 1. The third-order valence-corrected chi connectivity index (χ3v) is 6.65. The molecule has 1 saturated heterocycles. The summed E-state index contributed by atoms with van der Waals surface area (Å²) < 4.78 is 13.5. The van der Waals surface area contributed by atoms with E-state index in [-0.39, 0.29) is 17.3 Å². The van der Waals surface area contributed by atoms with E-state index in [1.807, 2.05) is 36.0 Å². The highest BCUT2D eigenvalue weighted by Gasteiger charge is 2.31. The van der Waals surface area contributed by atoms with E-state index in [1.54, 1.807) is 19.3 Å². The molecular formula is C26H28N2O4. The van der Waals surface area contributed by atoms with Crippen LogP contribution in [0.4, 0.5) is 0 Å². The molecule has 6 nitrogen and oxygen atoms in total. The van der Waals surface area contributed by atoms with Crippen molar-refractivity contribution in [2.75, 3.05) is 20.2 Å². The van der Waals surface area contributed by atoms with Crippen LogP contribution in [0.15, 0.2) is 42.3 Å². The van der Waals surface area contributed by atoms with Crippen LogP contribution >= 0.6 is 0 Å². The molecule has 0 atom stereocenters. The molecule has 2 aliphatic rings. The van der Waals surface area contributed by atoms with Crippen LogP contribution in [0, 0.1) is 0 Å². The number of ether oxygens (including phenoxy) is 2. The number of nitrogens with one attached hydrogen (secondary N) is 1. The standard InChI is InChI=1S/C26H28N2O4/c1-27-15-17(20-14-18(31-2)7-9-22(20)27)13-24-25(30)19-8-10-23(29)21(26(19)32-24)16-28-11-5-3-4-6-12-28/h7-10,13-15,29H,3-6,11-12,16H2,1-2H3. The topological polar surface area (TPSA) is 68.0 Å². The highest BCUT2D eigenvalue weighted by Crippen LogP contribution is 2.39. The van der Waals surface area contributed by atoms with Crippen molar-refractivity contribution in [3.8, 4) is 17.2 Å². The van der Waals surface area contributed by atoms with Crippen molar-refractivity contribution in [2.45, 2.75) is 32.2 Å². The lowest BCUT2D eigenvalue weighted by molar-refractivity contribution is -0.913. The molecule has 0 saturated carbocycles. The second-order valence-corrected chi connectivity index (χ2v) is 8.78. The summed E-state index contributed by atoms with van der Waals surface area (Å²) in [7, 11) is 3.60. The molecule has 0 unspecified atom stereocenters. The number of methoxy groups -OCH3 is 1. The highest BCUT2D eigenvalue weighted by atomic mass is 16.5. The van der Waals surface area contributed by atoms with E-state index in [1.165, 1.54) is 36.6 Å². The van der Waals surface area contributed by atoms with Crippen LogP contribution in [0.5, 0.6) is 17.2 Å². The number of rotatable bonds is 4. The summed E-state index contributed by atoms with van der Waals surface area (Å²) in [6.45, 7) is 2.71. The fraction of sp³-hybridized carbons (Fsp3) is 0.346. The minimum atomic E-state index is -0.174. The largest absolute Gasteiger partial charge is 0.872 e. The number of carbonyl (C=O) groups excluding carboxylic acids is 1. The van der Waals surface area contributed by atoms with Gasteiger partial charge in [-0.2, -0.15) is 0 Å². The van der Waals surface area contributed by atoms with Crippen LogP contribution < -0.4 is 19.5 Å². The van der Waals surface area contributed by atoms with Gasteiger partial charge in [-0.3, -0.25) is 4.79 Å². The Morgan fingerprint density at radius 2 is 1.94 bits per heavy atom. The number of aryl methyl sites for hydroxylation is 1. The van der Waals surface area contributed by atoms with Gasteiger partial charge in [0.25, 0.3) is 0 Å². The summed E-state index contributed by atoms with van der Waals surface area (Å²) in [5.74, 6) is 1.23. The number of nitrogens with zero attached hydrogens (tertiary/aromatic N) is 1.